The molecule has 0 bridgehead atoms. The molecule has 0 aliphatic carbocycles. The molecule has 26 heavy (non-hydrogen) atoms. The molecule has 4 nitrogen and oxygen atoms in total. The first kappa shape index (κ1) is 19.4. The number of benzene rings is 2. The van der Waals surface area contributed by atoms with Crippen LogP contribution in [0.25, 0.3) is 6.08 Å². The number of rotatable bonds is 6. The van der Waals surface area contributed by atoms with E-state index in [-0.39, 0.29) is 11.9 Å². The molecule has 0 heterocycles. The minimum atomic E-state index is -0.824. The fourth-order valence-corrected chi connectivity index (χ4v) is 2.45. The topological polar surface area (TPSA) is 58.2 Å². The zero-order valence-electron chi connectivity index (χ0n) is 15.1. The lowest BCUT2D eigenvalue weighted by atomic mass is 10.0. The molecule has 2 amide bonds. The summed E-state index contributed by atoms with van der Waals surface area (Å²) < 4.78 is 13.8. The van der Waals surface area contributed by atoms with Gasteiger partial charge in [-0.2, -0.15) is 0 Å². The van der Waals surface area contributed by atoms with Crippen LogP contribution in [0, 0.1) is 5.82 Å². The molecule has 0 aliphatic heterocycles. The van der Waals surface area contributed by atoms with Crippen molar-refractivity contribution in [3.8, 4) is 0 Å². The maximum Gasteiger partial charge on any atom is 0.247 e. The van der Waals surface area contributed by atoms with E-state index in [2.05, 4.69) is 10.6 Å². The fraction of sp³-hybridized carbons (Fsp3) is 0.238. The number of nitrogens with one attached hydrogen (secondary N) is 2. The summed E-state index contributed by atoms with van der Waals surface area (Å²) in [6, 6.07) is 14.3. The molecule has 0 aromatic heterocycles. The molecule has 0 spiro atoms. The van der Waals surface area contributed by atoms with Crippen molar-refractivity contribution in [2.24, 2.45) is 0 Å². The van der Waals surface area contributed by atoms with Crippen molar-refractivity contribution in [3.63, 3.8) is 0 Å². The van der Waals surface area contributed by atoms with Gasteiger partial charge >= 0.3 is 0 Å². The van der Waals surface area contributed by atoms with Gasteiger partial charge in [-0.25, -0.2) is 4.39 Å². The van der Waals surface area contributed by atoms with Gasteiger partial charge in [-0.3, -0.25) is 9.59 Å². The molecule has 5 heteroatoms. The van der Waals surface area contributed by atoms with Gasteiger partial charge in [-0.15, -0.1) is 0 Å². The first-order chi connectivity index (χ1) is 12.4. The average Bonchev–Trinajstić information content (AvgIpc) is 2.61. The molecule has 0 radical (unpaired) electrons. The minimum absolute atomic E-state index is 0.0549. The summed E-state index contributed by atoms with van der Waals surface area (Å²) in [4.78, 5) is 25.1. The van der Waals surface area contributed by atoms with Gasteiger partial charge in [-0.05, 0) is 38.5 Å². The summed E-state index contributed by atoms with van der Waals surface area (Å²) >= 11 is 0. The number of hydrogen-bond donors (Lipinski definition) is 2. The van der Waals surface area contributed by atoms with Gasteiger partial charge in [0.05, 0.1) is 0 Å². The summed E-state index contributed by atoms with van der Waals surface area (Å²) in [6.45, 7) is 5.29. The Kier molecular flexibility index (Phi) is 6.67. The highest BCUT2D eigenvalue weighted by Crippen LogP contribution is 2.16. The van der Waals surface area contributed by atoms with Crippen molar-refractivity contribution >= 4 is 17.9 Å². The molecule has 0 aliphatic rings. The second kappa shape index (κ2) is 8.94. The molecular weight excluding hydrogens is 331 g/mol. The maximum absolute atomic E-state index is 13.8. The van der Waals surface area contributed by atoms with Gasteiger partial charge in [0, 0.05) is 17.2 Å². The molecule has 0 unspecified atom stereocenters. The molecule has 1 atom stereocenters. The van der Waals surface area contributed by atoms with Crippen molar-refractivity contribution in [1.82, 2.24) is 10.6 Å². The number of carbonyl (C=O) groups excluding carboxylic acids is 2. The quantitative estimate of drug-likeness (QED) is 0.779. The number of halogens is 1. The van der Waals surface area contributed by atoms with Crippen molar-refractivity contribution in [2.45, 2.75) is 32.9 Å². The van der Waals surface area contributed by atoms with Crippen molar-refractivity contribution in [3.05, 3.63) is 77.1 Å². The van der Waals surface area contributed by atoms with Crippen LogP contribution in [0.4, 0.5) is 4.39 Å². The molecular formula is C21H23FN2O2. The van der Waals surface area contributed by atoms with Crippen molar-refractivity contribution in [2.75, 3.05) is 0 Å². The normalized spacial score (nSPS) is 12.6. The van der Waals surface area contributed by atoms with Crippen molar-refractivity contribution in [1.29, 1.82) is 0 Å². The highest BCUT2D eigenvalue weighted by atomic mass is 19.1. The Labute approximate surface area is 153 Å². The van der Waals surface area contributed by atoms with E-state index in [1.807, 2.05) is 19.9 Å². The predicted octanol–water partition coefficient (Wildman–Crippen LogP) is 3.61. The van der Waals surface area contributed by atoms with E-state index in [0.717, 1.165) is 0 Å². The number of carbonyl (C=O) groups is 2. The van der Waals surface area contributed by atoms with E-state index in [4.69, 9.17) is 0 Å². The largest absolute Gasteiger partial charge is 0.352 e. The van der Waals surface area contributed by atoms with Crippen LogP contribution in [0.2, 0.25) is 0 Å². The van der Waals surface area contributed by atoms with Crippen molar-refractivity contribution < 1.29 is 14.0 Å². The summed E-state index contributed by atoms with van der Waals surface area (Å²) in [6.07, 6.45) is 1.47. The third-order valence-corrected chi connectivity index (χ3v) is 3.74. The van der Waals surface area contributed by atoms with E-state index in [1.165, 1.54) is 12.1 Å². The lowest BCUT2D eigenvalue weighted by Crippen LogP contribution is -2.43. The van der Waals surface area contributed by atoms with Gasteiger partial charge in [0.2, 0.25) is 11.8 Å². The highest BCUT2D eigenvalue weighted by Gasteiger charge is 2.23. The monoisotopic (exact) mass is 354 g/mol. The van der Waals surface area contributed by atoms with Crippen LogP contribution < -0.4 is 10.6 Å². The second-order valence-electron chi connectivity index (χ2n) is 6.33. The van der Waals surface area contributed by atoms with Crippen LogP contribution in [-0.4, -0.2) is 17.9 Å². The Morgan fingerprint density at radius 1 is 0.962 bits per heavy atom. The Balaban J connectivity index is 2.23. The Morgan fingerprint density at radius 2 is 1.58 bits per heavy atom. The third-order valence-electron chi connectivity index (χ3n) is 3.74. The smallest absolute Gasteiger partial charge is 0.247 e. The van der Waals surface area contributed by atoms with Gasteiger partial charge in [-0.1, -0.05) is 48.5 Å². The molecule has 2 aromatic rings. The third kappa shape index (κ3) is 5.28. The molecule has 2 N–H and O–H groups in total. The summed E-state index contributed by atoms with van der Waals surface area (Å²) in [5, 5.41) is 5.55. The van der Waals surface area contributed by atoms with Crippen LogP contribution in [0.5, 0.6) is 0 Å². The Hall–Kier alpha value is -2.95. The van der Waals surface area contributed by atoms with Crippen LogP contribution in [0.3, 0.4) is 0 Å². The number of hydrogen-bond acceptors (Lipinski definition) is 2. The van der Waals surface area contributed by atoms with E-state index >= 15 is 0 Å². The molecule has 2 aromatic carbocycles. The van der Waals surface area contributed by atoms with E-state index < -0.39 is 17.8 Å². The highest BCUT2D eigenvalue weighted by molar-refractivity contribution is 6.00. The van der Waals surface area contributed by atoms with E-state index in [1.54, 1.807) is 49.4 Å². The average molecular weight is 354 g/mol. The minimum Gasteiger partial charge on any atom is -0.352 e. The lowest BCUT2D eigenvalue weighted by molar-refractivity contribution is -0.128. The Bertz CT molecular complexity index is 801. The summed E-state index contributed by atoms with van der Waals surface area (Å²) in [7, 11) is 0. The maximum atomic E-state index is 13.8. The molecule has 0 saturated carbocycles. The Morgan fingerprint density at radius 3 is 2.19 bits per heavy atom. The van der Waals surface area contributed by atoms with Gasteiger partial charge in [0.1, 0.15) is 11.9 Å². The predicted molar refractivity (Wildman–Crippen MR) is 101 cm³/mol. The van der Waals surface area contributed by atoms with Gasteiger partial charge in [0.25, 0.3) is 0 Å². The van der Waals surface area contributed by atoms with Crippen LogP contribution in [0.15, 0.2) is 60.2 Å². The summed E-state index contributed by atoms with van der Waals surface area (Å²) in [5.74, 6) is -1.13. The molecule has 0 fully saturated rings. The van der Waals surface area contributed by atoms with E-state index in [0.29, 0.717) is 16.7 Å². The van der Waals surface area contributed by atoms with Crippen LogP contribution in [0.1, 0.15) is 37.9 Å². The second-order valence-corrected chi connectivity index (χ2v) is 6.33. The fourth-order valence-electron chi connectivity index (χ4n) is 2.45. The number of amides is 2. The first-order valence-corrected chi connectivity index (χ1v) is 8.47. The van der Waals surface area contributed by atoms with Gasteiger partial charge in [0.15, 0.2) is 0 Å². The SMILES string of the molecule is C/C(=C\c1ccccc1F)C(=O)N[C@H](C(=O)NC(C)C)c1ccccc1. The van der Waals surface area contributed by atoms with Crippen LogP contribution >= 0.6 is 0 Å². The van der Waals surface area contributed by atoms with Crippen LogP contribution in [-0.2, 0) is 9.59 Å². The van der Waals surface area contributed by atoms with E-state index in [9.17, 15) is 14.0 Å². The standard InChI is InChI=1S/C21H23FN2O2/c1-14(2)23-21(26)19(16-9-5-4-6-10-16)24-20(25)15(3)13-17-11-7-8-12-18(17)22/h4-14,19H,1-3H3,(H,23,26)(H,24,25)/b15-13+/t19-/m0/s1. The molecule has 2 rings (SSSR count). The zero-order valence-corrected chi connectivity index (χ0v) is 15.1. The van der Waals surface area contributed by atoms with Gasteiger partial charge < -0.3 is 10.6 Å². The molecule has 0 saturated heterocycles. The lowest BCUT2D eigenvalue weighted by Gasteiger charge is -2.20. The zero-order chi connectivity index (χ0) is 19.1. The molecule has 136 valence electrons. The first-order valence-electron chi connectivity index (χ1n) is 8.47. The summed E-state index contributed by atoms with van der Waals surface area (Å²) in [5.41, 5.74) is 1.31.